The highest BCUT2D eigenvalue weighted by atomic mass is 32.1. The summed E-state index contributed by atoms with van der Waals surface area (Å²) in [6, 6.07) is 14.5. The summed E-state index contributed by atoms with van der Waals surface area (Å²) >= 11 is 5.31. The van der Waals surface area contributed by atoms with Crippen LogP contribution in [-0.4, -0.2) is 40.9 Å². The van der Waals surface area contributed by atoms with Crippen LogP contribution in [0, 0.1) is 17.6 Å². The quantitative estimate of drug-likeness (QED) is 0.633. The standard InChI is InChI=1S/C20H21FN4OS/c1-15-4-2-3-5-18(15)24-12-10-23(11-13-24)14-25-20(27)26-19(22-25)16-6-8-17(21)9-7-16/h2-9H,10-14H2,1H3. The lowest BCUT2D eigenvalue weighted by atomic mass is 10.1. The highest BCUT2D eigenvalue weighted by molar-refractivity contribution is 7.71. The second-order valence-corrected chi connectivity index (χ2v) is 7.06. The lowest BCUT2D eigenvalue weighted by Gasteiger charge is -2.36. The van der Waals surface area contributed by atoms with Gasteiger partial charge >= 0.3 is 0 Å². The zero-order valence-electron chi connectivity index (χ0n) is 15.1. The predicted molar refractivity (Wildman–Crippen MR) is 106 cm³/mol. The van der Waals surface area contributed by atoms with E-state index in [-0.39, 0.29) is 5.82 Å². The molecule has 2 aromatic carbocycles. The third-order valence-electron chi connectivity index (χ3n) is 4.86. The fourth-order valence-electron chi connectivity index (χ4n) is 3.34. The Morgan fingerprint density at radius 2 is 1.74 bits per heavy atom. The number of hydrogen-bond acceptors (Lipinski definition) is 5. The second-order valence-electron chi connectivity index (χ2n) is 6.71. The molecule has 1 aliphatic heterocycles. The van der Waals surface area contributed by atoms with Gasteiger partial charge < -0.3 is 9.32 Å². The average molecular weight is 384 g/mol. The molecule has 27 heavy (non-hydrogen) atoms. The van der Waals surface area contributed by atoms with Crippen molar-refractivity contribution in [3.05, 3.63) is 64.7 Å². The summed E-state index contributed by atoms with van der Waals surface area (Å²) in [4.78, 5) is 5.05. The Bertz CT molecular complexity index is 974. The van der Waals surface area contributed by atoms with E-state index in [1.165, 1.54) is 23.4 Å². The number of benzene rings is 2. The van der Waals surface area contributed by atoms with Gasteiger partial charge in [-0.2, -0.15) is 0 Å². The third kappa shape index (κ3) is 3.94. The first-order valence-electron chi connectivity index (χ1n) is 8.97. The largest absolute Gasteiger partial charge is 0.409 e. The summed E-state index contributed by atoms with van der Waals surface area (Å²) in [5, 5.41) is 4.46. The molecule has 2 heterocycles. The Labute approximate surface area is 162 Å². The third-order valence-corrected chi connectivity index (χ3v) is 5.15. The molecule has 0 unspecified atom stereocenters. The van der Waals surface area contributed by atoms with E-state index in [0.29, 0.717) is 23.0 Å². The van der Waals surface area contributed by atoms with Crippen molar-refractivity contribution in [2.75, 3.05) is 31.1 Å². The van der Waals surface area contributed by atoms with Crippen molar-refractivity contribution in [2.45, 2.75) is 13.6 Å². The minimum atomic E-state index is -0.289. The lowest BCUT2D eigenvalue weighted by molar-refractivity contribution is 0.192. The van der Waals surface area contributed by atoms with Gasteiger partial charge in [0.25, 0.3) is 4.84 Å². The molecular formula is C20H21FN4OS. The zero-order chi connectivity index (χ0) is 18.8. The van der Waals surface area contributed by atoms with Crippen LogP contribution in [-0.2, 0) is 6.67 Å². The van der Waals surface area contributed by atoms with Crippen LogP contribution in [0.2, 0.25) is 0 Å². The maximum atomic E-state index is 13.1. The predicted octanol–water partition coefficient (Wildman–Crippen LogP) is 4.10. The molecule has 0 radical (unpaired) electrons. The van der Waals surface area contributed by atoms with Gasteiger partial charge in [-0.05, 0) is 55.0 Å². The summed E-state index contributed by atoms with van der Waals surface area (Å²) < 4.78 is 20.4. The lowest BCUT2D eigenvalue weighted by Crippen LogP contribution is -2.47. The van der Waals surface area contributed by atoms with Crippen molar-refractivity contribution >= 4 is 17.9 Å². The average Bonchev–Trinajstić information content (AvgIpc) is 3.04. The summed E-state index contributed by atoms with van der Waals surface area (Å²) in [6.07, 6.45) is 0. The Morgan fingerprint density at radius 3 is 2.44 bits per heavy atom. The smallest absolute Gasteiger partial charge is 0.288 e. The van der Waals surface area contributed by atoms with Crippen molar-refractivity contribution in [3.63, 3.8) is 0 Å². The molecule has 140 valence electrons. The van der Waals surface area contributed by atoms with Crippen molar-refractivity contribution < 1.29 is 8.81 Å². The minimum Gasteiger partial charge on any atom is -0.409 e. The van der Waals surface area contributed by atoms with Crippen molar-refractivity contribution in [2.24, 2.45) is 0 Å². The van der Waals surface area contributed by atoms with Gasteiger partial charge in [-0.3, -0.25) is 4.90 Å². The minimum absolute atomic E-state index is 0.289. The first kappa shape index (κ1) is 17.9. The van der Waals surface area contributed by atoms with Gasteiger partial charge in [-0.1, -0.05) is 18.2 Å². The highest BCUT2D eigenvalue weighted by Crippen LogP contribution is 2.22. The number of halogens is 1. The van der Waals surface area contributed by atoms with Crippen LogP contribution in [0.4, 0.5) is 10.1 Å². The van der Waals surface area contributed by atoms with Crippen LogP contribution in [0.1, 0.15) is 5.56 Å². The van der Waals surface area contributed by atoms with Crippen molar-refractivity contribution in [1.82, 2.24) is 14.7 Å². The molecule has 1 aliphatic rings. The van der Waals surface area contributed by atoms with E-state index in [1.807, 2.05) is 0 Å². The molecule has 7 heteroatoms. The van der Waals surface area contributed by atoms with Crippen LogP contribution < -0.4 is 4.90 Å². The summed E-state index contributed by atoms with van der Waals surface area (Å²) in [6.45, 7) is 6.50. The van der Waals surface area contributed by atoms with Crippen LogP contribution in [0.3, 0.4) is 0 Å². The number of hydrogen-bond donors (Lipinski definition) is 0. The Kier molecular flexibility index (Phi) is 5.05. The Morgan fingerprint density at radius 1 is 1.04 bits per heavy atom. The number of rotatable bonds is 4. The summed E-state index contributed by atoms with van der Waals surface area (Å²) in [5.41, 5.74) is 3.31. The Hall–Kier alpha value is -2.51. The number of anilines is 1. The fraction of sp³-hybridized carbons (Fsp3) is 0.300. The molecule has 0 aliphatic carbocycles. The number of aryl methyl sites for hydroxylation is 1. The molecule has 0 saturated carbocycles. The number of para-hydroxylation sites is 1. The number of aromatic nitrogens is 2. The van der Waals surface area contributed by atoms with E-state index in [1.54, 1.807) is 16.8 Å². The van der Waals surface area contributed by atoms with Gasteiger partial charge in [0, 0.05) is 37.4 Å². The molecule has 3 aromatic rings. The fourth-order valence-corrected chi connectivity index (χ4v) is 3.52. The summed E-state index contributed by atoms with van der Waals surface area (Å²) in [7, 11) is 0. The first-order valence-corrected chi connectivity index (χ1v) is 9.38. The normalized spacial score (nSPS) is 15.3. The van der Waals surface area contributed by atoms with E-state index in [9.17, 15) is 4.39 Å². The van der Waals surface area contributed by atoms with Gasteiger partial charge in [-0.25, -0.2) is 9.07 Å². The highest BCUT2D eigenvalue weighted by Gasteiger charge is 2.19. The number of nitrogens with zero attached hydrogens (tertiary/aromatic N) is 4. The van der Waals surface area contributed by atoms with Crippen LogP contribution in [0.5, 0.6) is 0 Å². The van der Waals surface area contributed by atoms with Gasteiger partial charge in [0.2, 0.25) is 5.89 Å². The van der Waals surface area contributed by atoms with Crippen LogP contribution >= 0.6 is 12.2 Å². The van der Waals surface area contributed by atoms with Crippen LogP contribution in [0.15, 0.2) is 52.9 Å². The molecule has 0 spiro atoms. The van der Waals surface area contributed by atoms with Crippen molar-refractivity contribution in [1.29, 1.82) is 0 Å². The second kappa shape index (κ2) is 7.62. The number of piperazine rings is 1. The molecule has 1 aromatic heterocycles. The molecular weight excluding hydrogens is 363 g/mol. The first-order chi connectivity index (χ1) is 13.1. The van der Waals surface area contributed by atoms with Gasteiger partial charge in [0.1, 0.15) is 5.82 Å². The zero-order valence-corrected chi connectivity index (χ0v) is 16.0. The molecule has 4 rings (SSSR count). The maximum Gasteiger partial charge on any atom is 0.288 e. The summed E-state index contributed by atoms with van der Waals surface area (Å²) in [5.74, 6) is 0.127. The van der Waals surface area contributed by atoms with Crippen molar-refractivity contribution in [3.8, 4) is 11.5 Å². The molecule has 5 nitrogen and oxygen atoms in total. The van der Waals surface area contributed by atoms with E-state index >= 15 is 0 Å². The molecule has 1 fully saturated rings. The van der Waals surface area contributed by atoms with Gasteiger partial charge in [-0.15, -0.1) is 5.10 Å². The van der Waals surface area contributed by atoms with E-state index in [4.69, 9.17) is 16.6 Å². The molecule has 0 amide bonds. The van der Waals surface area contributed by atoms with Crippen LogP contribution in [0.25, 0.3) is 11.5 Å². The Balaban J connectivity index is 1.41. The maximum absolute atomic E-state index is 13.1. The van der Waals surface area contributed by atoms with Gasteiger partial charge in [0.05, 0.1) is 6.67 Å². The SMILES string of the molecule is Cc1ccccc1N1CCN(Cn2nc(-c3ccc(F)cc3)oc2=S)CC1. The van der Waals surface area contributed by atoms with E-state index in [0.717, 1.165) is 26.2 Å². The molecule has 1 saturated heterocycles. The van der Waals surface area contributed by atoms with E-state index < -0.39 is 0 Å². The molecule has 0 atom stereocenters. The molecule has 0 N–H and O–H groups in total. The van der Waals surface area contributed by atoms with Gasteiger partial charge in [0.15, 0.2) is 0 Å². The van der Waals surface area contributed by atoms with E-state index in [2.05, 4.69) is 46.1 Å². The monoisotopic (exact) mass is 384 g/mol. The topological polar surface area (TPSA) is 37.4 Å². The molecule has 0 bridgehead atoms.